The topological polar surface area (TPSA) is 105 Å². The first kappa shape index (κ1) is 15.5. The van der Waals surface area contributed by atoms with Crippen LogP contribution < -0.4 is 11.1 Å². The summed E-state index contributed by atoms with van der Waals surface area (Å²) in [6.45, 7) is 1.85. The maximum atomic E-state index is 12.5. The van der Waals surface area contributed by atoms with Gasteiger partial charge in [-0.1, -0.05) is 12.1 Å². The van der Waals surface area contributed by atoms with Gasteiger partial charge in [-0.05, 0) is 42.8 Å². The van der Waals surface area contributed by atoms with Crippen molar-refractivity contribution < 1.29 is 14.7 Å². The molecule has 0 unspecified atom stereocenters. The summed E-state index contributed by atoms with van der Waals surface area (Å²) in [5.74, 6) is -1.40. The fourth-order valence-electron chi connectivity index (χ4n) is 2.52. The molecular formula is C18H15N3O3. The van der Waals surface area contributed by atoms with E-state index in [0.29, 0.717) is 27.7 Å². The predicted octanol–water partition coefficient (Wildman–Crippen LogP) is 3.08. The molecule has 0 fully saturated rings. The molecule has 0 saturated heterocycles. The number of carboxylic acid groups (broad SMARTS) is 1. The highest BCUT2D eigenvalue weighted by atomic mass is 16.4. The molecule has 6 heteroatoms. The average molecular weight is 321 g/mol. The first-order valence-electron chi connectivity index (χ1n) is 7.26. The van der Waals surface area contributed by atoms with Crippen LogP contribution in [0.1, 0.15) is 26.4 Å². The minimum absolute atomic E-state index is 0.0458. The number of aromatic nitrogens is 1. The van der Waals surface area contributed by atoms with Crippen molar-refractivity contribution in [2.45, 2.75) is 6.92 Å². The van der Waals surface area contributed by atoms with Gasteiger partial charge in [0.25, 0.3) is 5.91 Å². The number of anilines is 2. The molecule has 6 nitrogen and oxygen atoms in total. The molecule has 2 aromatic carbocycles. The van der Waals surface area contributed by atoms with Gasteiger partial charge >= 0.3 is 5.97 Å². The van der Waals surface area contributed by atoms with Crippen LogP contribution >= 0.6 is 0 Å². The predicted molar refractivity (Wildman–Crippen MR) is 92.2 cm³/mol. The standard InChI is InChI=1S/C18H15N3O3/c1-10-2-7-13-14(8-9-20-16(13)18(23)24)15(10)21-17(22)11-3-5-12(19)6-4-11/h2-9H,19H2,1H3,(H,21,22)(H,23,24). The molecule has 3 rings (SSSR count). The summed E-state index contributed by atoms with van der Waals surface area (Å²) in [6.07, 6.45) is 1.42. The van der Waals surface area contributed by atoms with Crippen molar-refractivity contribution in [3.8, 4) is 0 Å². The minimum Gasteiger partial charge on any atom is -0.476 e. The van der Waals surface area contributed by atoms with Gasteiger partial charge in [-0.2, -0.15) is 0 Å². The van der Waals surface area contributed by atoms with Gasteiger partial charge in [-0.3, -0.25) is 4.79 Å². The number of fused-ring (bicyclic) bond motifs is 1. The van der Waals surface area contributed by atoms with Crippen molar-refractivity contribution >= 4 is 34.0 Å². The Kier molecular flexibility index (Phi) is 3.87. The number of carbonyl (C=O) groups excluding carboxylic acids is 1. The van der Waals surface area contributed by atoms with Crippen LogP contribution in [0.5, 0.6) is 0 Å². The first-order chi connectivity index (χ1) is 11.5. The van der Waals surface area contributed by atoms with Crippen LogP contribution in [0, 0.1) is 6.92 Å². The van der Waals surface area contributed by atoms with Crippen LogP contribution in [0.3, 0.4) is 0 Å². The molecular weight excluding hydrogens is 306 g/mol. The van der Waals surface area contributed by atoms with Crippen molar-refractivity contribution in [3.05, 3.63) is 65.5 Å². The number of nitrogens with two attached hydrogens (primary N) is 1. The van der Waals surface area contributed by atoms with Gasteiger partial charge in [0.2, 0.25) is 0 Å². The van der Waals surface area contributed by atoms with Crippen molar-refractivity contribution in [2.24, 2.45) is 0 Å². The van der Waals surface area contributed by atoms with Gasteiger partial charge in [0.1, 0.15) is 0 Å². The van der Waals surface area contributed by atoms with Gasteiger partial charge in [0.15, 0.2) is 5.69 Å². The molecule has 0 saturated carbocycles. The molecule has 120 valence electrons. The molecule has 1 amide bonds. The van der Waals surface area contributed by atoms with Crippen LogP contribution in [0.25, 0.3) is 10.8 Å². The summed E-state index contributed by atoms with van der Waals surface area (Å²) < 4.78 is 0. The lowest BCUT2D eigenvalue weighted by molar-refractivity contribution is 0.0692. The summed E-state index contributed by atoms with van der Waals surface area (Å²) in [6, 6.07) is 11.7. The fraction of sp³-hybridized carbons (Fsp3) is 0.0556. The SMILES string of the molecule is Cc1ccc2c(C(=O)O)nccc2c1NC(=O)c1ccc(N)cc1. The van der Waals surface area contributed by atoms with E-state index >= 15 is 0 Å². The number of hydrogen-bond acceptors (Lipinski definition) is 4. The minimum atomic E-state index is -1.11. The molecule has 1 aromatic heterocycles. The lowest BCUT2D eigenvalue weighted by Gasteiger charge is -2.13. The molecule has 0 radical (unpaired) electrons. The summed E-state index contributed by atoms with van der Waals surface area (Å²) >= 11 is 0. The largest absolute Gasteiger partial charge is 0.476 e. The van der Waals surface area contributed by atoms with Gasteiger partial charge in [-0.25, -0.2) is 9.78 Å². The van der Waals surface area contributed by atoms with E-state index in [4.69, 9.17) is 5.73 Å². The Morgan fingerprint density at radius 1 is 1.04 bits per heavy atom. The second-order valence-electron chi connectivity index (χ2n) is 5.39. The Hall–Kier alpha value is -3.41. The third-order valence-electron chi connectivity index (χ3n) is 3.77. The number of benzene rings is 2. The third-order valence-corrected chi connectivity index (χ3v) is 3.77. The number of amides is 1. The van der Waals surface area contributed by atoms with E-state index in [2.05, 4.69) is 10.3 Å². The number of rotatable bonds is 3. The quantitative estimate of drug-likeness (QED) is 0.643. The number of nitrogens with one attached hydrogen (secondary N) is 1. The van der Waals surface area contributed by atoms with Crippen LogP contribution in [0.15, 0.2) is 48.7 Å². The normalized spacial score (nSPS) is 10.5. The molecule has 24 heavy (non-hydrogen) atoms. The smallest absolute Gasteiger partial charge is 0.355 e. The van der Waals surface area contributed by atoms with Gasteiger partial charge in [0, 0.05) is 28.2 Å². The van der Waals surface area contributed by atoms with E-state index in [0.717, 1.165) is 5.56 Å². The van der Waals surface area contributed by atoms with Crippen molar-refractivity contribution in [1.29, 1.82) is 0 Å². The Morgan fingerprint density at radius 3 is 2.42 bits per heavy atom. The first-order valence-corrected chi connectivity index (χ1v) is 7.26. The number of pyridine rings is 1. The van der Waals surface area contributed by atoms with E-state index in [-0.39, 0.29) is 11.6 Å². The van der Waals surface area contributed by atoms with Crippen molar-refractivity contribution in [3.63, 3.8) is 0 Å². The third kappa shape index (κ3) is 2.77. The highest BCUT2D eigenvalue weighted by molar-refractivity contribution is 6.12. The molecule has 0 spiro atoms. The fourth-order valence-corrected chi connectivity index (χ4v) is 2.52. The number of nitrogens with zero attached hydrogens (tertiary/aromatic N) is 1. The van der Waals surface area contributed by atoms with Gasteiger partial charge < -0.3 is 16.2 Å². The number of aromatic carboxylic acids is 1. The summed E-state index contributed by atoms with van der Waals surface area (Å²) in [5, 5.41) is 13.2. The van der Waals surface area contributed by atoms with Crippen LogP contribution in [-0.4, -0.2) is 22.0 Å². The molecule has 4 N–H and O–H groups in total. The Morgan fingerprint density at radius 2 is 1.75 bits per heavy atom. The second kappa shape index (κ2) is 6.00. The summed E-state index contributed by atoms with van der Waals surface area (Å²) in [4.78, 5) is 27.7. The molecule has 0 atom stereocenters. The number of aryl methyl sites for hydroxylation is 1. The monoisotopic (exact) mass is 321 g/mol. The Balaban J connectivity index is 2.07. The zero-order valence-electron chi connectivity index (χ0n) is 12.9. The van der Waals surface area contributed by atoms with E-state index in [1.54, 1.807) is 42.5 Å². The van der Waals surface area contributed by atoms with E-state index < -0.39 is 5.97 Å². The molecule has 0 aliphatic rings. The molecule has 0 bridgehead atoms. The average Bonchev–Trinajstić information content (AvgIpc) is 2.57. The molecule has 3 aromatic rings. The van der Waals surface area contributed by atoms with Gasteiger partial charge in [-0.15, -0.1) is 0 Å². The number of carbonyl (C=O) groups is 2. The van der Waals surface area contributed by atoms with Gasteiger partial charge in [0.05, 0.1) is 5.69 Å². The molecule has 0 aliphatic carbocycles. The van der Waals surface area contributed by atoms with Crippen LogP contribution in [0.4, 0.5) is 11.4 Å². The van der Waals surface area contributed by atoms with E-state index in [1.165, 1.54) is 6.20 Å². The van der Waals surface area contributed by atoms with E-state index in [9.17, 15) is 14.7 Å². The lowest BCUT2D eigenvalue weighted by atomic mass is 10.0. The van der Waals surface area contributed by atoms with Crippen LogP contribution in [0.2, 0.25) is 0 Å². The number of hydrogen-bond donors (Lipinski definition) is 3. The molecule has 1 heterocycles. The maximum absolute atomic E-state index is 12.5. The van der Waals surface area contributed by atoms with Crippen LogP contribution in [-0.2, 0) is 0 Å². The second-order valence-corrected chi connectivity index (χ2v) is 5.39. The number of nitrogen functional groups attached to an aromatic ring is 1. The lowest BCUT2D eigenvalue weighted by Crippen LogP contribution is -2.13. The zero-order valence-corrected chi connectivity index (χ0v) is 12.9. The Labute approximate surface area is 137 Å². The van der Waals surface area contributed by atoms with E-state index in [1.807, 2.05) is 6.92 Å². The molecule has 0 aliphatic heterocycles. The zero-order chi connectivity index (χ0) is 17.3. The van der Waals surface area contributed by atoms with Crippen molar-refractivity contribution in [1.82, 2.24) is 4.98 Å². The van der Waals surface area contributed by atoms with Crippen molar-refractivity contribution in [2.75, 3.05) is 11.1 Å². The highest BCUT2D eigenvalue weighted by Crippen LogP contribution is 2.29. The summed E-state index contributed by atoms with van der Waals surface area (Å²) in [5.41, 5.74) is 8.02. The maximum Gasteiger partial charge on any atom is 0.355 e. The Bertz CT molecular complexity index is 950. The summed E-state index contributed by atoms with van der Waals surface area (Å²) in [7, 11) is 0. The highest BCUT2D eigenvalue weighted by Gasteiger charge is 2.15. The number of carboxylic acids is 1.